The molecule has 0 spiro atoms. The van der Waals surface area contributed by atoms with Crippen molar-refractivity contribution in [3.63, 3.8) is 0 Å². The highest BCUT2D eigenvalue weighted by atomic mass is 16.5. The van der Waals surface area contributed by atoms with E-state index in [0.29, 0.717) is 11.4 Å². The highest BCUT2D eigenvalue weighted by Gasteiger charge is 2.13. The van der Waals surface area contributed by atoms with Crippen LogP contribution in [0.25, 0.3) is 6.08 Å². The van der Waals surface area contributed by atoms with Crippen molar-refractivity contribution in [2.75, 3.05) is 13.7 Å². The third-order valence-corrected chi connectivity index (χ3v) is 3.47. The van der Waals surface area contributed by atoms with Crippen LogP contribution in [0, 0.1) is 5.92 Å². The topological polar surface area (TPSA) is 64.7 Å². The molecule has 1 aliphatic heterocycles. The zero-order valence-electron chi connectivity index (χ0n) is 11.7. The quantitative estimate of drug-likeness (QED) is 0.860. The van der Waals surface area contributed by atoms with Gasteiger partial charge >= 0.3 is 5.97 Å². The van der Waals surface area contributed by atoms with E-state index in [-0.39, 0.29) is 11.9 Å². The Morgan fingerprint density at radius 3 is 3.00 bits per heavy atom. The Bertz CT molecular complexity index is 535. The smallest absolute Gasteiger partial charge is 0.338 e. The summed E-state index contributed by atoms with van der Waals surface area (Å²) in [6, 6.07) is 7.38. The Morgan fingerprint density at radius 2 is 2.20 bits per heavy atom. The molecule has 1 aromatic carbocycles. The molecule has 0 saturated heterocycles. The molecule has 1 aromatic rings. The third-order valence-electron chi connectivity index (χ3n) is 3.47. The first-order chi connectivity index (χ1) is 9.72. The van der Waals surface area contributed by atoms with Crippen molar-refractivity contribution < 1.29 is 9.53 Å². The van der Waals surface area contributed by atoms with Crippen LogP contribution in [0.5, 0.6) is 0 Å². The summed E-state index contributed by atoms with van der Waals surface area (Å²) in [5, 5.41) is 0. The summed E-state index contributed by atoms with van der Waals surface area (Å²) in [5.74, 6) is 0.519. The number of carbonyl (C=O) groups excluding carboxylic acids is 1. The minimum absolute atomic E-state index is 0.156. The first-order valence-electron chi connectivity index (χ1n) is 6.87. The zero-order chi connectivity index (χ0) is 14.4. The van der Waals surface area contributed by atoms with Crippen molar-refractivity contribution in [1.29, 1.82) is 0 Å². The van der Waals surface area contributed by atoms with Crippen molar-refractivity contribution in [3.8, 4) is 0 Å². The van der Waals surface area contributed by atoms with Crippen molar-refractivity contribution in [2.24, 2.45) is 16.6 Å². The molecule has 0 saturated carbocycles. The van der Waals surface area contributed by atoms with E-state index in [0.717, 1.165) is 31.4 Å². The van der Waals surface area contributed by atoms with E-state index >= 15 is 0 Å². The average Bonchev–Trinajstić information content (AvgIpc) is 2.69. The lowest BCUT2D eigenvalue weighted by Gasteiger charge is -2.09. The molecule has 106 valence electrons. The van der Waals surface area contributed by atoms with Crippen molar-refractivity contribution >= 4 is 17.9 Å². The number of carbonyl (C=O) groups is 1. The number of benzene rings is 1. The van der Waals surface area contributed by atoms with Gasteiger partial charge in [0.05, 0.1) is 12.7 Å². The zero-order valence-corrected chi connectivity index (χ0v) is 11.7. The molecule has 1 heterocycles. The molecule has 0 fully saturated rings. The molecule has 2 rings (SSSR count). The number of ether oxygens (including phenoxy) is 1. The van der Waals surface area contributed by atoms with Crippen LogP contribution < -0.4 is 5.73 Å². The number of hydrogen-bond donors (Lipinski definition) is 1. The molecule has 20 heavy (non-hydrogen) atoms. The highest BCUT2D eigenvalue weighted by molar-refractivity contribution is 5.94. The van der Waals surface area contributed by atoms with Crippen LogP contribution in [-0.2, 0) is 4.74 Å². The van der Waals surface area contributed by atoms with E-state index < -0.39 is 0 Å². The second-order valence-electron chi connectivity index (χ2n) is 4.85. The van der Waals surface area contributed by atoms with Crippen LogP contribution in [0.15, 0.2) is 35.3 Å². The van der Waals surface area contributed by atoms with Gasteiger partial charge in [0.2, 0.25) is 0 Å². The van der Waals surface area contributed by atoms with E-state index in [1.54, 1.807) is 6.07 Å². The number of amidine groups is 1. The Balaban J connectivity index is 2.20. The molecule has 0 aliphatic carbocycles. The largest absolute Gasteiger partial charge is 0.465 e. The maximum Gasteiger partial charge on any atom is 0.338 e. The lowest BCUT2D eigenvalue weighted by molar-refractivity contribution is 0.0600. The van der Waals surface area contributed by atoms with Gasteiger partial charge < -0.3 is 10.5 Å². The molecule has 0 amide bonds. The third kappa shape index (κ3) is 3.47. The van der Waals surface area contributed by atoms with Crippen molar-refractivity contribution in [2.45, 2.75) is 19.3 Å². The van der Waals surface area contributed by atoms with E-state index in [4.69, 9.17) is 10.5 Å². The van der Waals surface area contributed by atoms with Crippen LogP contribution in [0.4, 0.5) is 0 Å². The number of esters is 1. The summed E-state index contributed by atoms with van der Waals surface area (Å²) in [6.45, 7) is 0.814. The van der Waals surface area contributed by atoms with Crippen LogP contribution >= 0.6 is 0 Å². The number of nitrogens with zero attached hydrogens (tertiary/aromatic N) is 1. The molecule has 0 aromatic heterocycles. The Labute approximate surface area is 119 Å². The second kappa shape index (κ2) is 6.89. The fraction of sp³-hybridized carbons (Fsp3) is 0.375. The van der Waals surface area contributed by atoms with E-state index in [2.05, 4.69) is 4.99 Å². The van der Waals surface area contributed by atoms with Crippen LogP contribution in [0.3, 0.4) is 0 Å². The highest BCUT2D eigenvalue weighted by Crippen LogP contribution is 2.18. The maximum atomic E-state index is 11.7. The van der Waals surface area contributed by atoms with Crippen LogP contribution in [-0.4, -0.2) is 25.5 Å². The fourth-order valence-electron chi connectivity index (χ4n) is 2.30. The Kier molecular flexibility index (Phi) is 4.93. The van der Waals surface area contributed by atoms with Crippen LogP contribution in [0.1, 0.15) is 35.2 Å². The first kappa shape index (κ1) is 14.3. The number of aliphatic imine (C=N–C) groups is 1. The van der Waals surface area contributed by atoms with Gasteiger partial charge in [-0.1, -0.05) is 36.8 Å². The fourth-order valence-corrected chi connectivity index (χ4v) is 2.30. The molecule has 1 unspecified atom stereocenters. The molecule has 4 nitrogen and oxygen atoms in total. The molecular weight excluding hydrogens is 252 g/mol. The summed E-state index contributed by atoms with van der Waals surface area (Å²) in [5.41, 5.74) is 7.38. The van der Waals surface area contributed by atoms with Crippen molar-refractivity contribution in [1.82, 2.24) is 0 Å². The SMILES string of the molecule is COC(=O)c1ccccc1C=CC1CCCCN=C1N. The average molecular weight is 272 g/mol. The first-order valence-corrected chi connectivity index (χ1v) is 6.87. The van der Waals surface area contributed by atoms with E-state index in [9.17, 15) is 4.79 Å². The van der Waals surface area contributed by atoms with Gasteiger partial charge in [0.25, 0.3) is 0 Å². The molecule has 4 heteroatoms. The number of hydrogen-bond acceptors (Lipinski definition) is 4. The second-order valence-corrected chi connectivity index (χ2v) is 4.85. The molecule has 1 atom stereocenters. The number of nitrogens with two attached hydrogens (primary N) is 1. The Hall–Kier alpha value is -2.10. The number of methoxy groups -OCH3 is 1. The summed E-state index contributed by atoms with van der Waals surface area (Å²) < 4.78 is 4.79. The normalized spacial score (nSPS) is 19.4. The van der Waals surface area contributed by atoms with Gasteiger partial charge in [0.1, 0.15) is 5.84 Å². The predicted molar refractivity (Wildman–Crippen MR) is 80.6 cm³/mol. The predicted octanol–water partition coefficient (Wildman–Crippen LogP) is 2.64. The van der Waals surface area contributed by atoms with Gasteiger partial charge in [0, 0.05) is 12.5 Å². The monoisotopic (exact) mass is 272 g/mol. The maximum absolute atomic E-state index is 11.7. The van der Waals surface area contributed by atoms with E-state index in [1.165, 1.54) is 7.11 Å². The van der Waals surface area contributed by atoms with Gasteiger partial charge in [0.15, 0.2) is 0 Å². The Morgan fingerprint density at radius 1 is 1.40 bits per heavy atom. The summed E-state index contributed by atoms with van der Waals surface area (Å²) >= 11 is 0. The van der Waals surface area contributed by atoms with Crippen LogP contribution in [0.2, 0.25) is 0 Å². The van der Waals surface area contributed by atoms with Gasteiger partial charge in [-0.05, 0) is 24.5 Å². The number of rotatable bonds is 3. The van der Waals surface area contributed by atoms with Gasteiger partial charge in [-0.25, -0.2) is 4.79 Å². The molecular formula is C16H20N2O2. The van der Waals surface area contributed by atoms with Gasteiger partial charge in [-0.3, -0.25) is 4.99 Å². The molecule has 0 bridgehead atoms. The molecule has 0 radical (unpaired) electrons. The minimum atomic E-state index is -0.326. The van der Waals surface area contributed by atoms with Gasteiger partial charge in [-0.2, -0.15) is 0 Å². The lowest BCUT2D eigenvalue weighted by atomic mass is 9.99. The van der Waals surface area contributed by atoms with Crippen molar-refractivity contribution in [3.05, 3.63) is 41.5 Å². The molecule has 2 N–H and O–H groups in total. The standard InChI is InChI=1S/C16H20N2O2/c1-20-16(19)14-8-3-2-6-12(14)9-10-13-7-4-5-11-18-15(13)17/h2-3,6,8-10,13H,4-5,7,11H2,1H3,(H2,17,18). The summed E-state index contributed by atoms with van der Waals surface area (Å²) in [4.78, 5) is 16.0. The summed E-state index contributed by atoms with van der Waals surface area (Å²) in [7, 11) is 1.39. The lowest BCUT2D eigenvalue weighted by Crippen LogP contribution is -2.21. The van der Waals surface area contributed by atoms with E-state index in [1.807, 2.05) is 30.4 Å². The molecule has 1 aliphatic rings. The van der Waals surface area contributed by atoms with Gasteiger partial charge in [-0.15, -0.1) is 0 Å². The summed E-state index contributed by atoms with van der Waals surface area (Å²) in [6.07, 6.45) is 7.18. The minimum Gasteiger partial charge on any atom is -0.465 e.